The van der Waals surface area contributed by atoms with E-state index in [9.17, 15) is 8.42 Å². The van der Waals surface area contributed by atoms with E-state index in [2.05, 4.69) is 9.97 Å². The number of rotatable bonds is 4. The van der Waals surface area contributed by atoms with Gasteiger partial charge in [0.25, 0.3) is 0 Å². The van der Waals surface area contributed by atoms with Crippen molar-refractivity contribution in [1.29, 1.82) is 0 Å². The molecule has 8 nitrogen and oxygen atoms in total. The van der Waals surface area contributed by atoms with Crippen LogP contribution in [0.4, 0.5) is 0 Å². The zero-order valence-electron chi connectivity index (χ0n) is 11.0. The van der Waals surface area contributed by atoms with E-state index in [1.165, 1.54) is 19.4 Å². The second-order valence-electron chi connectivity index (χ2n) is 4.46. The van der Waals surface area contributed by atoms with Crippen molar-refractivity contribution in [2.75, 3.05) is 7.05 Å². The predicted molar refractivity (Wildman–Crippen MR) is 68.9 cm³/mol. The van der Waals surface area contributed by atoms with Crippen LogP contribution < -0.4 is 4.72 Å². The maximum atomic E-state index is 11.5. The van der Waals surface area contributed by atoms with Crippen LogP contribution in [-0.2, 0) is 24.0 Å². The molecule has 112 valence electrons. The third-order valence-corrected chi connectivity index (χ3v) is 3.64. The minimum atomic E-state index is -3.92. The maximum Gasteiger partial charge on any atom is 0.338 e. The molecule has 1 aliphatic heterocycles. The molecule has 0 amide bonds. The first-order valence-electron chi connectivity index (χ1n) is 5.67. The Kier molecular flexibility index (Phi) is 4.28. The summed E-state index contributed by atoms with van der Waals surface area (Å²) < 4.78 is 40.9. The molecule has 2 unspecified atom stereocenters. The Morgan fingerprint density at radius 2 is 1.95 bits per heavy atom. The lowest BCUT2D eigenvalue weighted by molar-refractivity contribution is -0.167. The molecule has 2 heterocycles. The number of hydrogen-bond acceptors (Lipinski definition) is 7. The molecule has 1 aliphatic rings. The van der Waals surface area contributed by atoms with Crippen molar-refractivity contribution in [2.45, 2.75) is 32.0 Å². The Balaban J connectivity index is 2.26. The molecular weight excluding hydrogens is 310 g/mol. The van der Waals surface area contributed by atoms with Gasteiger partial charge in [0.05, 0.1) is 0 Å². The van der Waals surface area contributed by atoms with Gasteiger partial charge in [-0.05, 0) is 25.4 Å². The van der Waals surface area contributed by atoms with Crippen LogP contribution in [0.15, 0.2) is 12.4 Å². The number of halogens is 1. The van der Waals surface area contributed by atoms with E-state index in [0.717, 1.165) is 0 Å². The second-order valence-corrected chi connectivity index (χ2v) is 6.31. The monoisotopic (exact) mass is 323 g/mol. The number of ether oxygens (including phenoxy) is 2. The van der Waals surface area contributed by atoms with E-state index in [1.807, 2.05) is 4.72 Å². The number of nitrogens with one attached hydrogen (secondary N) is 1. The maximum absolute atomic E-state index is 11.5. The van der Waals surface area contributed by atoms with Crippen LogP contribution in [0.2, 0.25) is 5.28 Å². The number of nitrogens with zero attached hydrogens (tertiary/aromatic N) is 2. The van der Waals surface area contributed by atoms with E-state index in [-0.39, 0.29) is 5.28 Å². The molecule has 20 heavy (non-hydrogen) atoms. The molecule has 2 atom stereocenters. The summed E-state index contributed by atoms with van der Waals surface area (Å²) in [6, 6.07) is 0. The van der Waals surface area contributed by atoms with Gasteiger partial charge in [0.15, 0.2) is 5.79 Å². The highest BCUT2D eigenvalue weighted by atomic mass is 35.5. The van der Waals surface area contributed by atoms with Crippen molar-refractivity contribution in [1.82, 2.24) is 14.7 Å². The molecule has 2 rings (SSSR count). The summed E-state index contributed by atoms with van der Waals surface area (Å²) in [5.74, 6) is -1.00. The summed E-state index contributed by atoms with van der Waals surface area (Å²) in [6.07, 6.45) is 0.915. The van der Waals surface area contributed by atoms with Gasteiger partial charge in [-0.2, -0.15) is 13.1 Å². The highest BCUT2D eigenvalue weighted by Crippen LogP contribution is 2.38. The Morgan fingerprint density at radius 1 is 1.35 bits per heavy atom. The first-order chi connectivity index (χ1) is 9.22. The molecule has 1 aromatic heterocycles. The summed E-state index contributed by atoms with van der Waals surface area (Å²) in [5.41, 5.74) is 0.497. The molecule has 0 radical (unpaired) electrons. The lowest BCUT2D eigenvalue weighted by Gasteiger charge is -2.16. The molecule has 0 aromatic carbocycles. The molecule has 0 bridgehead atoms. The minimum absolute atomic E-state index is 0.0761. The van der Waals surface area contributed by atoms with Crippen LogP contribution >= 0.6 is 11.6 Å². The van der Waals surface area contributed by atoms with Crippen molar-refractivity contribution >= 4 is 21.9 Å². The average Bonchev–Trinajstić information content (AvgIpc) is 2.64. The minimum Gasteiger partial charge on any atom is -0.337 e. The van der Waals surface area contributed by atoms with Crippen molar-refractivity contribution in [3.63, 3.8) is 0 Å². The molecule has 10 heteroatoms. The van der Waals surface area contributed by atoms with Gasteiger partial charge in [-0.15, -0.1) is 0 Å². The number of hydrogen-bond donors (Lipinski definition) is 1. The predicted octanol–water partition coefficient (Wildman–Crippen LogP) is 0.761. The van der Waals surface area contributed by atoms with E-state index in [0.29, 0.717) is 5.56 Å². The normalized spacial score (nSPS) is 25.8. The second kappa shape index (κ2) is 5.51. The molecule has 0 spiro atoms. The summed E-state index contributed by atoms with van der Waals surface area (Å²) >= 11 is 5.61. The standard InChI is InChI=1S/C10H14ClN3O5S/c1-10(2)17-7(6-4-13-9(11)14-5-6)8(18-10)19-20(15,16)12-3/h4-5,7-8,12H,1-3H3. The quantitative estimate of drug-likeness (QED) is 0.816. The highest BCUT2D eigenvalue weighted by Gasteiger charge is 2.45. The Bertz CT molecular complexity index is 577. The van der Waals surface area contributed by atoms with Gasteiger partial charge in [-0.3, -0.25) is 0 Å². The van der Waals surface area contributed by atoms with E-state index in [4.69, 9.17) is 25.3 Å². The third-order valence-electron chi connectivity index (χ3n) is 2.50. The summed E-state index contributed by atoms with van der Waals surface area (Å²) in [5, 5.41) is 0.0761. The van der Waals surface area contributed by atoms with Gasteiger partial charge in [-0.1, -0.05) is 0 Å². The van der Waals surface area contributed by atoms with Gasteiger partial charge in [-0.25, -0.2) is 14.2 Å². The van der Waals surface area contributed by atoms with Crippen LogP contribution in [0, 0.1) is 0 Å². The molecular formula is C10H14ClN3O5S. The Hall–Kier alpha value is -0.840. The van der Waals surface area contributed by atoms with Gasteiger partial charge >= 0.3 is 10.3 Å². The SMILES string of the molecule is CNS(=O)(=O)OC1OC(C)(C)OC1c1cnc(Cl)nc1. The lowest BCUT2D eigenvalue weighted by atomic mass is 10.2. The van der Waals surface area contributed by atoms with Gasteiger partial charge in [0.1, 0.15) is 6.10 Å². The van der Waals surface area contributed by atoms with Crippen molar-refractivity contribution in [2.24, 2.45) is 0 Å². The topological polar surface area (TPSA) is 99.6 Å². The van der Waals surface area contributed by atoms with E-state index in [1.54, 1.807) is 13.8 Å². The van der Waals surface area contributed by atoms with Crippen molar-refractivity contribution < 1.29 is 22.1 Å². The Morgan fingerprint density at radius 3 is 2.50 bits per heavy atom. The fraction of sp³-hybridized carbons (Fsp3) is 0.600. The van der Waals surface area contributed by atoms with E-state index >= 15 is 0 Å². The van der Waals surface area contributed by atoms with Gasteiger partial charge in [0, 0.05) is 25.0 Å². The van der Waals surface area contributed by atoms with Crippen LogP contribution in [0.1, 0.15) is 25.5 Å². The largest absolute Gasteiger partial charge is 0.338 e. The molecule has 0 saturated carbocycles. The molecule has 0 aliphatic carbocycles. The van der Waals surface area contributed by atoms with Crippen LogP contribution in [-0.4, -0.2) is 37.5 Å². The fourth-order valence-corrected chi connectivity index (χ4v) is 2.25. The smallest absolute Gasteiger partial charge is 0.337 e. The number of aromatic nitrogens is 2. The van der Waals surface area contributed by atoms with Crippen LogP contribution in [0.3, 0.4) is 0 Å². The van der Waals surface area contributed by atoms with Gasteiger partial charge < -0.3 is 9.47 Å². The van der Waals surface area contributed by atoms with Crippen LogP contribution in [0.5, 0.6) is 0 Å². The zero-order chi connectivity index (χ0) is 15.0. The summed E-state index contributed by atoms with van der Waals surface area (Å²) in [4.78, 5) is 7.64. The Labute approximate surface area is 121 Å². The first-order valence-corrected chi connectivity index (χ1v) is 7.46. The molecule has 1 N–H and O–H groups in total. The zero-order valence-corrected chi connectivity index (χ0v) is 12.6. The average molecular weight is 324 g/mol. The van der Waals surface area contributed by atoms with Gasteiger partial charge in [0.2, 0.25) is 11.6 Å². The van der Waals surface area contributed by atoms with Crippen molar-refractivity contribution in [3.05, 3.63) is 23.2 Å². The van der Waals surface area contributed by atoms with Crippen molar-refractivity contribution in [3.8, 4) is 0 Å². The summed E-state index contributed by atoms with van der Waals surface area (Å²) in [7, 11) is -2.69. The van der Waals surface area contributed by atoms with Crippen LogP contribution in [0.25, 0.3) is 0 Å². The van der Waals surface area contributed by atoms with E-state index < -0.39 is 28.5 Å². The molecule has 1 aromatic rings. The fourth-order valence-electron chi connectivity index (χ4n) is 1.67. The third kappa shape index (κ3) is 3.62. The highest BCUT2D eigenvalue weighted by molar-refractivity contribution is 7.84. The summed E-state index contributed by atoms with van der Waals surface area (Å²) in [6.45, 7) is 3.29. The molecule has 1 fully saturated rings. The lowest BCUT2D eigenvalue weighted by Crippen LogP contribution is -2.31. The first kappa shape index (κ1) is 15.5. The molecule has 1 saturated heterocycles.